The van der Waals surface area contributed by atoms with Crippen LogP contribution in [-0.4, -0.2) is 19.3 Å². The second-order valence-electron chi connectivity index (χ2n) is 6.02. The van der Waals surface area contributed by atoms with Gasteiger partial charge in [0.1, 0.15) is 11.7 Å². The van der Waals surface area contributed by atoms with Gasteiger partial charge in [0.05, 0.1) is 11.9 Å². The molecule has 0 unspecified atom stereocenters. The van der Waals surface area contributed by atoms with Gasteiger partial charge in [0.2, 0.25) is 0 Å². The number of aromatic nitrogens is 4. The maximum atomic E-state index is 12.7. The molecule has 0 aliphatic heterocycles. The average molecular weight is 294 g/mol. The third-order valence-corrected chi connectivity index (χ3v) is 4.51. The first-order chi connectivity index (χ1) is 10.7. The topological polar surface area (TPSA) is 52.7 Å². The highest BCUT2D eigenvalue weighted by atomic mass is 16.1. The van der Waals surface area contributed by atoms with Crippen molar-refractivity contribution in [1.82, 2.24) is 19.3 Å². The molecule has 0 N–H and O–H groups in total. The average Bonchev–Trinajstić information content (AvgIpc) is 3.18. The smallest absolute Gasteiger partial charge is 0.264 e. The normalized spacial score (nSPS) is 15.7. The molecule has 0 amide bonds. The van der Waals surface area contributed by atoms with Crippen molar-refractivity contribution in [3.8, 4) is 5.69 Å². The second-order valence-corrected chi connectivity index (χ2v) is 6.02. The predicted octanol–water partition coefficient (Wildman–Crippen LogP) is 3.01. The van der Waals surface area contributed by atoms with Gasteiger partial charge in [-0.1, -0.05) is 30.5 Å². The van der Waals surface area contributed by atoms with E-state index in [1.807, 2.05) is 31.2 Å². The molecule has 0 radical (unpaired) electrons. The summed E-state index contributed by atoms with van der Waals surface area (Å²) in [5.41, 5.74) is 2.77. The molecule has 5 nitrogen and oxygen atoms in total. The molecule has 1 aliphatic carbocycles. The van der Waals surface area contributed by atoms with Crippen molar-refractivity contribution in [2.24, 2.45) is 0 Å². The Kier molecular flexibility index (Phi) is 3.06. The summed E-state index contributed by atoms with van der Waals surface area (Å²) in [6.07, 6.45) is 7.84. The van der Waals surface area contributed by atoms with Crippen molar-refractivity contribution in [1.29, 1.82) is 0 Å². The number of hydrogen-bond donors (Lipinski definition) is 0. The van der Waals surface area contributed by atoms with Gasteiger partial charge < -0.3 is 0 Å². The van der Waals surface area contributed by atoms with E-state index in [9.17, 15) is 4.79 Å². The van der Waals surface area contributed by atoms with Crippen molar-refractivity contribution < 1.29 is 0 Å². The van der Waals surface area contributed by atoms with Gasteiger partial charge in [-0.15, -0.1) is 0 Å². The van der Waals surface area contributed by atoms with Crippen LogP contribution in [0.2, 0.25) is 0 Å². The number of nitrogens with zero attached hydrogens (tertiary/aromatic N) is 4. The van der Waals surface area contributed by atoms with Crippen LogP contribution in [0.1, 0.15) is 37.3 Å². The van der Waals surface area contributed by atoms with Crippen molar-refractivity contribution in [2.75, 3.05) is 0 Å². The lowest BCUT2D eigenvalue weighted by molar-refractivity contribution is 0.499. The van der Waals surface area contributed by atoms with E-state index in [0.29, 0.717) is 17.1 Å². The predicted molar refractivity (Wildman–Crippen MR) is 85.4 cm³/mol. The van der Waals surface area contributed by atoms with Crippen molar-refractivity contribution in [2.45, 2.75) is 38.6 Å². The summed E-state index contributed by atoms with van der Waals surface area (Å²) in [6.45, 7) is 2.05. The molecule has 5 heteroatoms. The van der Waals surface area contributed by atoms with Crippen LogP contribution in [0.15, 0.2) is 41.6 Å². The summed E-state index contributed by atoms with van der Waals surface area (Å²) < 4.78 is 3.52. The Hall–Kier alpha value is -2.43. The van der Waals surface area contributed by atoms with Gasteiger partial charge >= 0.3 is 0 Å². The van der Waals surface area contributed by atoms with Crippen LogP contribution in [0.3, 0.4) is 0 Å². The Labute approximate surface area is 128 Å². The SMILES string of the molecule is Cc1ccc(-n2ncc3c(=O)n(C4CCCC4)cnc32)cc1. The monoisotopic (exact) mass is 294 g/mol. The van der Waals surface area contributed by atoms with E-state index in [0.717, 1.165) is 18.5 Å². The molecular weight excluding hydrogens is 276 g/mol. The van der Waals surface area contributed by atoms with Gasteiger partial charge in [0.15, 0.2) is 5.65 Å². The summed E-state index contributed by atoms with van der Waals surface area (Å²) in [6, 6.07) is 8.34. The maximum Gasteiger partial charge on any atom is 0.264 e. The minimum absolute atomic E-state index is 0.0234. The molecule has 112 valence electrons. The van der Waals surface area contributed by atoms with Crippen LogP contribution in [0.5, 0.6) is 0 Å². The molecule has 2 heterocycles. The Balaban J connectivity index is 1.84. The zero-order valence-electron chi connectivity index (χ0n) is 12.6. The van der Waals surface area contributed by atoms with E-state index in [4.69, 9.17) is 0 Å². The molecule has 0 spiro atoms. The van der Waals surface area contributed by atoms with Crippen LogP contribution >= 0.6 is 0 Å². The maximum absolute atomic E-state index is 12.7. The lowest BCUT2D eigenvalue weighted by Gasteiger charge is -2.12. The van der Waals surface area contributed by atoms with E-state index < -0.39 is 0 Å². The van der Waals surface area contributed by atoms with Crippen molar-refractivity contribution >= 4 is 11.0 Å². The molecule has 3 aromatic rings. The standard InChI is InChI=1S/C17H18N4O/c1-12-6-8-14(9-7-12)21-16-15(10-19-21)17(22)20(11-18-16)13-4-2-3-5-13/h6-11,13H,2-5H2,1H3. The first kappa shape index (κ1) is 13.2. The highest BCUT2D eigenvalue weighted by Crippen LogP contribution is 2.28. The molecule has 0 atom stereocenters. The summed E-state index contributed by atoms with van der Waals surface area (Å²) in [5.74, 6) is 0. The van der Waals surface area contributed by atoms with E-state index in [1.54, 1.807) is 21.8 Å². The fourth-order valence-corrected chi connectivity index (χ4v) is 3.24. The fourth-order valence-electron chi connectivity index (χ4n) is 3.24. The fraction of sp³-hybridized carbons (Fsp3) is 0.353. The third kappa shape index (κ3) is 2.04. The number of hydrogen-bond acceptors (Lipinski definition) is 3. The molecule has 0 saturated heterocycles. The Morgan fingerprint density at radius 1 is 1.14 bits per heavy atom. The van der Waals surface area contributed by atoms with Gasteiger partial charge in [-0.25, -0.2) is 9.67 Å². The number of rotatable bonds is 2. The van der Waals surface area contributed by atoms with E-state index in [1.165, 1.54) is 18.4 Å². The highest BCUT2D eigenvalue weighted by molar-refractivity contribution is 5.74. The van der Waals surface area contributed by atoms with E-state index in [-0.39, 0.29) is 5.56 Å². The summed E-state index contributed by atoms with van der Waals surface area (Å²) in [5, 5.41) is 4.96. The molecule has 0 bridgehead atoms. The van der Waals surface area contributed by atoms with Gasteiger partial charge in [-0.05, 0) is 31.9 Å². The molecule has 1 fully saturated rings. The zero-order valence-corrected chi connectivity index (χ0v) is 12.6. The molecule has 2 aromatic heterocycles. The largest absolute Gasteiger partial charge is 0.295 e. The summed E-state index contributed by atoms with van der Waals surface area (Å²) in [4.78, 5) is 17.2. The molecule has 22 heavy (non-hydrogen) atoms. The van der Waals surface area contributed by atoms with E-state index in [2.05, 4.69) is 10.1 Å². The zero-order chi connectivity index (χ0) is 15.1. The van der Waals surface area contributed by atoms with Gasteiger partial charge in [-0.3, -0.25) is 9.36 Å². The van der Waals surface area contributed by atoms with Crippen molar-refractivity contribution in [3.05, 3.63) is 52.7 Å². The Morgan fingerprint density at radius 2 is 1.86 bits per heavy atom. The van der Waals surface area contributed by atoms with Gasteiger partial charge in [0, 0.05) is 6.04 Å². The minimum atomic E-state index is 0.0234. The first-order valence-electron chi connectivity index (χ1n) is 7.76. The molecule has 1 saturated carbocycles. The summed E-state index contributed by atoms with van der Waals surface area (Å²) >= 11 is 0. The first-order valence-corrected chi connectivity index (χ1v) is 7.76. The Morgan fingerprint density at radius 3 is 2.59 bits per heavy atom. The van der Waals surface area contributed by atoms with Crippen LogP contribution in [-0.2, 0) is 0 Å². The van der Waals surface area contributed by atoms with Gasteiger partial charge in [0.25, 0.3) is 5.56 Å². The van der Waals surface area contributed by atoms with Crippen molar-refractivity contribution in [3.63, 3.8) is 0 Å². The van der Waals surface area contributed by atoms with Crippen LogP contribution in [0, 0.1) is 6.92 Å². The van der Waals surface area contributed by atoms with Gasteiger partial charge in [-0.2, -0.15) is 5.10 Å². The van der Waals surface area contributed by atoms with E-state index >= 15 is 0 Å². The quantitative estimate of drug-likeness (QED) is 0.730. The molecule has 4 rings (SSSR count). The lowest BCUT2D eigenvalue weighted by atomic mass is 10.2. The van der Waals surface area contributed by atoms with Crippen LogP contribution in [0.4, 0.5) is 0 Å². The van der Waals surface area contributed by atoms with Crippen LogP contribution < -0.4 is 5.56 Å². The molecule has 1 aromatic carbocycles. The second kappa shape index (κ2) is 5.09. The molecule has 1 aliphatic rings. The minimum Gasteiger partial charge on any atom is -0.295 e. The highest BCUT2D eigenvalue weighted by Gasteiger charge is 2.20. The summed E-state index contributed by atoms with van der Waals surface area (Å²) in [7, 11) is 0. The number of benzene rings is 1. The number of aryl methyl sites for hydroxylation is 1. The lowest BCUT2D eigenvalue weighted by Crippen LogP contribution is -2.23. The molecular formula is C17H18N4O. The number of fused-ring (bicyclic) bond motifs is 1. The Bertz CT molecular complexity index is 870. The third-order valence-electron chi connectivity index (χ3n) is 4.51. The van der Waals surface area contributed by atoms with Crippen LogP contribution in [0.25, 0.3) is 16.7 Å².